The lowest BCUT2D eigenvalue weighted by atomic mass is 10.2. The molecule has 0 unspecified atom stereocenters. The Morgan fingerprint density at radius 1 is 1.38 bits per heavy atom. The first-order valence-electron chi connectivity index (χ1n) is 3.57. The number of hydrogen-bond donors (Lipinski definition) is 2. The van der Waals surface area contributed by atoms with Gasteiger partial charge in [0.25, 0.3) is 0 Å². The lowest BCUT2D eigenvalue weighted by molar-refractivity contribution is 0.0694. The second-order valence-corrected chi connectivity index (χ2v) is 3.49. The van der Waals surface area contributed by atoms with Gasteiger partial charge in [-0.3, -0.25) is 4.79 Å². The number of aromatic carboxylic acids is 1. The molecule has 0 aliphatic heterocycles. The first-order chi connectivity index (χ1) is 5.95. The summed E-state index contributed by atoms with van der Waals surface area (Å²) < 4.78 is 0.274. The number of aryl methyl sites for hydroxylation is 2. The van der Waals surface area contributed by atoms with Gasteiger partial charge in [-0.25, -0.2) is 4.79 Å². The van der Waals surface area contributed by atoms with Crippen molar-refractivity contribution in [1.29, 1.82) is 0 Å². The van der Waals surface area contributed by atoms with E-state index < -0.39 is 11.4 Å². The van der Waals surface area contributed by atoms with Crippen LogP contribution < -0.4 is 5.43 Å². The van der Waals surface area contributed by atoms with E-state index in [0.29, 0.717) is 11.4 Å². The molecule has 0 saturated carbocycles. The standard InChI is InChI=1S/C8H8BrNO3/c1-3-5(8(12)13)7(11)6(9)4(2)10-3/h1-2H3,(H,10,11)(H,12,13). The number of carboxylic acid groups (broad SMARTS) is 1. The first-order valence-corrected chi connectivity index (χ1v) is 4.36. The topological polar surface area (TPSA) is 70.2 Å². The monoisotopic (exact) mass is 245 g/mol. The van der Waals surface area contributed by atoms with Crippen LogP contribution in [0.3, 0.4) is 0 Å². The number of rotatable bonds is 1. The molecule has 1 aromatic rings. The molecule has 0 amide bonds. The molecule has 0 bridgehead atoms. The maximum Gasteiger partial charge on any atom is 0.341 e. The van der Waals surface area contributed by atoms with Crippen LogP contribution in [0.25, 0.3) is 0 Å². The average Bonchev–Trinajstić information content (AvgIpc) is 1.99. The number of hydrogen-bond acceptors (Lipinski definition) is 2. The summed E-state index contributed by atoms with van der Waals surface area (Å²) in [4.78, 5) is 24.9. The van der Waals surface area contributed by atoms with Crippen LogP contribution in [0.2, 0.25) is 0 Å². The third-order valence-corrected chi connectivity index (χ3v) is 2.67. The molecule has 0 aromatic carbocycles. The van der Waals surface area contributed by atoms with Crippen molar-refractivity contribution in [2.45, 2.75) is 13.8 Å². The largest absolute Gasteiger partial charge is 0.477 e. The molecule has 4 nitrogen and oxygen atoms in total. The fourth-order valence-corrected chi connectivity index (χ4v) is 1.40. The van der Waals surface area contributed by atoms with Gasteiger partial charge in [0.1, 0.15) is 5.56 Å². The van der Waals surface area contributed by atoms with Crippen LogP contribution in [0, 0.1) is 13.8 Å². The van der Waals surface area contributed by atoms with Crippen LogP contribution in [0.15, 0.2) is 9.27 Å². The molecule has 0 saturated heterocycles. The molecule has 0 atom stereocenters. The van der Waals surface area contributed by atoms with Gasteiger partial charge >= 0.3 is 5.97 Å². The molecule has 0 radical (unpaired) electrons. The molecule has 70 valence electrons. The van der Waals surface area contributed by atoms with Crippen LogP contribution in [0.1, 0.15) is 21.7 Å². The summed E-state index contributed by atoms with van der Waals surface area (Å²) >= 11 is 3.03. The van der Waals surface area contributed by atoms with Crippen LogP contribution in [-0.2, 0) is 0 Å². The molecule has 13 heavy (non-hydrogen) atoms. The molecule has 0 aliphatic carbocycles. The maximum atomic E-state index is 11.4. The molecular formula is C8H8BrNO3. The Balaban J connectivity index is 3.63. The van der Waals surface area contributed by atoms with E-state index in [0.717, 1.165) is 0 Å². The number of pyridine rings is 1. The van der Waals surface area contributed by atoms with Crippen molar-refractivity contribution in [3.05, 3.63) is 31.6 Å². The van der Waals surface area contributed by atoms with E-state index in [4.69, 9.17) is 5.11 Å². The van der Waals surface area contributed by atoms with Gasteiger partial charge in [-0.1, -0.05) is 0 Å². The Labute approximate surface area is 82.7 Å². The maximum absolute atomic E-state index is 11.4. The van der Waals surface area contributed by atoms with Gasteiger partial charge in [-0.05, 0) is 29.8 Å². The van der Waals surface area contributed by atoms with E-state index in [-0.39, 0.29) is 10.0 Å². The van der Waals surface area contributed by atoms with E-state index in [1.807, 2.05) is 0 Å². The van der Waals surface area contributed by atoms with Gasteiger partial charge in [-0.2, -0.15) is 0 Å². The number of nitrogens with one attached hydrogen (secondary N) is 1. The highest BCUT2D eigenvalue weighted by Gasteiger charge is 2.16. The summed E-state index contributed by atoms with van der Waals surface area (Å²) in [5.74, 6) is -1.21. The fraction of sp³-hybridized carbons (Fsp3) is 0.250. The Bertz CT molecular complexity index is 422. The highest BCUT2D eigenvalue weighted by Crippen LogP contribution is 2.11. The quantitative estimate of drug-likeness (QED) is 0.787. The summed E-state index contributed by atoms with van der Waals surface area (Å²) in [5.41, 5.74) is 0.310. The average molecular weight is 246 g/mol. The highest BCUT2D eigenvalue weighted by atomic mass is 79.9. The normalized spacial score (nSPS) is 10.1. The minimum Gasteiger partial charge on any atom is -0.477 e. The van der Waals surface area contributed by atoms with Crippen molar-refractivity contribution in [2.24, 2.45) is 0 Å². The molecule has 0 aliphatic rings. The van der Waals surface area contributed by atoms with Crippen LogP contribution >= 0.6 is 15.9 Å². The van der Waals surface area contributed by atoms with E-state index in [1.165, 1.54) is 0 Å². The number of aromatic amines is 1. The van der Waals surface area contributed by atoms with E-state index in [2.05, 4.69) is 20.9 Å². The highest BCUT2D eigenvalue weighted by molar-refractivity contribution is 9.10. The Morgan fingerprint density at radius 3 is 2.38 bits per heavy atom. The van der Waals surface area contributed by atoms with Crippen molar-refractivity contribution < 1.29 is 9.90 Å². The molecule has 5 heteroatoms. The van der Waals surface area contributed by atoms with E-state index in [9.17, 15) is 9.59 Å². The Hall–Kier alpha value is -1.10. The third-order valence-electron chi connectivity index (χ3n) is 1.72. The fourth-order valence-electron chi connectivity index (χ4n) is 1.11. The molecule has 1 rings (SSSR count). The second kappa shape index (κ2) is 3.33. The van der Waals surface area contributed by atoms with Crippen molar-refractivity contribution in [3.63, 3.8) is 0 Å². The number of aromatic nitrogens is 1. The number of H-pyrrole nitrogens is 1. The van der Waals surface area contributed by atoms with Crippen molar-refractivity contribution in [2.75, 3.05) is 0 Å². The lowest BCUT2D eigenvalue weighted by Gasteiger charge is -2.03. The molecule has 0 fully saturated rings. The van der Waals surface area contributed by atoms with Gasteiger partial charge < -0.3 is 10.1 Å². The van der Waals surface area contributed by atoms with Crippen LogP contribution in [0.5, 0.6) is 0 Å². The van der Waals surface area contributed by atoms with Gasteiger partial charge in [0.15, 0.2) is 0 Å². The van der Waals surface area contributed by atoms with Crippen molar-refractivity contribution in [1.82, 2.24) is 4.98 Å². The Morgan fingerprint density at radius 2 is 1.92 bits per heavy atom. The van der Waals surface area contributed by atoms with Gasteiger partial charge in [0, 0.05) is 11.4 Å². The van der Waals surface area contributed by atoms with E-state index in [1.54, 1.807) is 13.8 Å². The number of carbonyl (C=O) groups is 1. The van der Waals surface area contributed by atoms with Crippen molar-refractivity contribution in [3.8, 4) is 0 Å². The van der Waals surface area contributed by atoms with Gasteiger partial charge in [0.05, 0.1) is 4.47 Å². The summed E-state index contributed by atoms with van der Waals surface area (Å²) in [5, 5.41) is 8.72. The predicted octanol–water partition coefficient (Wildman–Crippen LogP) is 1.45. The zero-order valence-corrected chi connectivity index (χ0v) is 8.73. The second-order valence-electron chi connectivity index (χ2n) is 2.70. The zero-order valence-electron chi connectivity index (χ0n) is 7.14. The minimum atomic E-state index is -1.21. The summed E-state index contributed by atoms with van der Waals surface area (Å²) in [6.07, 6.45) is 0. The Kier molecular flexibility index (Phi) is 2.56. The van der Waals surface area contributed by atoms with Gasteiger partial charge in [0.2, 0.25) is 5.43 Å². The molecule has 0 spiro atoms. The zero-order chi connectivity index (χ0) is 10.2. The SMILES string of the molecule is Cc1[nH]c(C)c(C(=O)O)c(=O)c1Br. The first kappa shape index (κ1) is 9.98. The third kappa shape index (κ3) is 1.65. The van der Waals surface area contributed by atoms with E-state index >= 15 is 0 Å². The minimum absolute atomic E-state index is 0.211. The van der Waals surface area contributed by atoms with Crippen LogP contribution in [0.4, 0.5) is 0 Å². The smallest absolute Gasteiger partial charge is 0.341 e. The summed E-state index contributed by atoms with van der Waals surface area (Å²) in [7, 11) is 0. The summed E-state index contributed by atoms with van der Waals surface area (Å²) in [6, 6.07) is 0. The molecule has 2 N–H and O–H groups in total. The van der Waals surface area contributed by atoms with Crippen LogP contribution in [-0.4, -0.2) is 16.1 Å². The molecule has 1 aromatic heterocycles. The number of halogens is 1. The molecular weight excluding hydrogens is 238 g/mol. The molecule has 1 heterocycles. The summed E-state index contributed by atoms with van der Waals surface area (Å²) in [6.45, 7) is 3.26. The van der Waals surface area contributed by atoms with Crippen molar-refractivity contribution >= 4 is 21.9 Å². The lowest BCUT2D eigenvalue weighted by Crippen LogP contribution is -2.19. The predicted molar refractivity (Wildman–Crippen MR) is 51.2 cm³/mol. The number of carboxylic acids is 1. The van der Waals surface area contributed by atoms with Gasteiger partial charge in [-0.15, -0.1) is 0 Å².